The minimum Gasteiger partial charge on any atom is -0.290 e. The molecule has 0 saturated heterocycles. The highest BCUT2D eigenvalue weighted by Crippen LogP contribution is 2.25. The van der Waals surface area contributed by atoms with E-state index in [-0.39, 0.29) is 5.78 Å². The van der Waals surface area contributed by atoms with Crippen LogP contribution in [-0.4, -0.2) is 10.4 Å². The Morgan fingerprint density at radius 1 is 0.926 bits per heavy atom. The van der Waals surface area contributed by atoms with E-state index in [2.05, 4.69) is 15.3 Å². The van der Waals surface area contributed by atoms with Gasteiger partial charge in [-0.1, -0.05) is 23.2 Å². The van der Waals surface area contributed by atoms with Crippen LogP contribution in [0.4, 0.5) is 0 Å². The molecule has 27 heavy (non-hydrogen) atoms. The average Bonchev–Trinajstić information content (AvgIpc) is 2.85. The highest BCUT2D eigenvalue weighted by atomic mass is 35.5. The second kappa shape index (κ2) is 7.87. The van der Waals surface area contributed by atoms with Crippen molar-refractivity contribution >= 4 is 29.0 Å². The first kappa shape index (κ1) is 18.3. The Labute approximate surface area is 169 Å². The fourth-order valence-electron chi connectivity index (χ4n) is 3.70. The summed E-state index contributed by atoms with van der Waals surface area (Å²) in [5.41, 5.74) is 2.82. The number of aromatic nitrogens is 2. The number of carbonyl (C=O) groups excluding carboxylic acids is 1. The van der Waals surface area contributed by atoms with Gasteiger partial charge in [-0.3, -0.25) is 4.79 Å². The van der Waals surface area contributed by atoms with Crippen LogP contribution >= 0.6 is 23.2 Å². The van der Waals surface area contributed by atoms with Gasteiger partial charge < -0.3 is 0 Å². The van der Waals surface area contributed by atoms with E-state index in [0.717, 1.165) is 30.6 Å². The van der Waals surface area contributed by atoms with Crippen molar-refractivity contribution in [2.24, 2.45) is 0 Å². The molecule has 0 fully saturated rings. The van der Waals surface area contributed by atoms with Gasteiger partial charge >= 0.3 is 0 Å². The van der Waals surface area contributed by atoms with E-state index in [4.69, 9.17) is 23.2 Å². The van der Waals surface area contributed by atoms with E-state index in [9.17, 15) is 4.79 Å². The number of benzene rings is 2. The first-order chi connectivity index (χ1) is 13.1. The monoisotopic (exact) mass is 399 g/mol. The average molecular weight is 400 g/mol. The molecule has 0 saturated carbocycles. The molecule has 0 bridgehead atoms. The molecule has 2 aromatic carbocycles. The topological polar surface area (TPSA) is 25.9 Å². The van der Waals surface area contributed by atoms with Gasteiger partial charge in [-0.2, -0.15) is 0 Å². The quantitative estimate of drug-likeness (QED) is 0.428. The third-order valence-corrected chi connectivity index (χ3v) is 5.62. The highest BCUT2D eigenvalue weighted by Gasteiger charge is 2.27. The molecule has 0 unspecified atom stereocenters. The molecule has 3 nitrogen and oxygen atoms in total. The van der Waals surface area contributed by atoms with Crippen molar-refractivity contribution in [1.29, 1.82) is 0 Å². The van der Waals surface area contributed by atoms with Gasteiger partial charge in [-0.15, -0.1) is 0 Å². The van der Waals surface area contributed by atoms with Crippen molar-refractivity contribution in [3.05, 3.63) is 76.2 Å². The maximum absolute atomic E-state index is 12.9. The summed E-state index contributed by atoms with van der Waals surface area (Å²) in [6.07, 6.45) is 6.72. The van der Waals surface area contributed by atoms with Crippen LogP contribution in [0.5, 0.6) is 0 Å². The van der Waals surface area contributed by atoms with Gasteiger partial charge in [0.2, 0.25) is 5.78 Å². The largest absolute Gasteiger partial charge is 0.290 e. The summed E-state index contributed by atoms with van der Waals surface area (Å²) in [7, 11) is 0. The SMILES string of the molecule is O=C(Cn1c(-c2ccc(Cl)cc2)c[n+]2c1CCCCC2)c1ccc(Cl)cc1. The Balaban J connectivity index is 1.74. The molecular weight excluding hydrogens is 379 g/mol. The van der Waals surface area contributed by atoms with Gasteiger partial charge in [0.05, 0.1) is 6.54 Å². The number of hydrogen-bond donors (Lipinski definition) is 0. The molecule has 0 spiro atoms. The summed E-state index contributed by atoms with van der Waals surface area (Å²) in [6, 6.07) is 14.9. The van der Waals surface area contributed by atoms with Crippen LogP contribution in [0.1, 0.15) is 35.4 Å². The van der Waals surface area contributed by atoms with Crippen molar-refractivity contribution in [2.45, 2.75) is 38.8 Å². The standard InChI is InChI=1S/C22H21Cl2N2O/c23-18-9-5-16(6-10-18)20-14-25-13-3-1-2-4-22(25)26(20)15-21(27)17-7-11-19(24)12-8-17/h5-12,14H,1-4,13,15H2/q+1. The second-order valence-corrected chi connectivity index (χ2v) is 7.83. The third-order valence-electron chi connectivity index (χ3n) is 5.12. The predicted octanol–water partition coefficient (Wildman–Crippen LogP) is 5.36. The zero-order valence-electron chi connectivity index (χ0n) is 15.0. The van der Waals surface area contributed by atoms with E-state index < -0.39 is 0 Å². The normalized spacial score (nSPS) is 13.9. The van der Waals surface area contributed by atoms with E-state index >= 15 is 0 Å². The molecule has 1 aliphatic heterocycles. The minimum atomic E-state index is 0.0881. The van der Waals surface area contributed by atoms with Crippen molar-refractivity contribution in [2.75, 3.05) is 0 Å². The summed E-state index contributed by atoms with van der Waals surface area (Å²) < 4.78 is 4.48. The molecule has 1 aromatic heterocycles. The number of ketones is 1. The summed E-state index contributed by atoms with van der Waals surface area (Å²) in [6.45, 7) is 1.32. The molecule has 138 valence electrons. The van der Waals surface area contributed by atoms with Crippen molar-refractivity contribution in [3.8, 4) is 11.3 Å². The van der Waals surface area contributed by atoms with Crippen molar-refractivity contribution in [3.63, 3.8) is 0 Å². The Bertz CT molecular complexity index is 959. The number of hydrogen-bond acceptors (Lipinski definition) is 1. The smallest absolute Gasteiger partial charge is 0.257 e. The number of imidazole rings is 1. The van der Waals surface area contributed by atoms with Gasteiger partial charge in [-0.25, -0.2) is 9.13 Å². The molecule has 0 amide bonds. The minimum absolute atomic E-state index is 0.0881. The number of halogens is 2. The number of aryl methyl sites for hydroxylation is 1. The fraction of sp³-hybridized carbons (Fsp3) is 0.273. The lowest BCUT2D eigenvalue weighted by Gasteiger charge is -2.06. The molecule has 2 heterocycles. The first-order valence-corrected chi connectivity index (χ1v) is 10.0. The molecule has 0 N–H and O–H groups in total. The number of rotatable bonds is 4. The molecule has 3 aromatic rings. The van der Waals surface area contributed by atoms with Gasteiger partial charge in [-0.05, 0) is 67.8 Å². The fourth-order valence-corrected chi connectivity index (χ4v) is 3.95. The maximum Gasteiger partial charge on any atom is 0.257 e. The van der Waals surface area contributed by atoms with Crippen LogP contribution in [0.25, 0.3) is 11.3 Å². The van der Waals surface area contributed by atoms with Crippen LogP contribution in [-0.2, 0) is 19.5 Å². The van der Waals surface area contributed by atoms with E-state index in [0.29, 0.717) is 22.2 Å². The third kappa shape index (κ3) is 3.95. The molecule has 0 radical (unpaired) electrons. The Morgan fingerprint density at radius 2 is 1.59 bits per heavy atom. The highest BCUT2D eigenvalue weighted by molar-refractivity contribution is 6.31. The van der Waals surface area contributed by atoms with Gasteiger partial charge in [0.15, 0.2) is 12.2 Å². The number of Topliss-reactive ketones (excluding diaryl/α,β-unsaturated/α-hetero) is 1. The summed E-state index contributed by atoms with van der Waals surface area (Å²) in [4.78, 5) is 12.9. The lowest BCUT2D eigenvalue weighted by molar-refractivity contribution is -0.702. The van der Waals surface area contributed by atoms with Crippen LogP contribution in [0, 0.1) is 0 Å². The van der Waals surface area contributed by atoms with Gasteiger partial charge in [0.25, 0.3) is 5.82 Å². The number of nitrogens with zero attached hydrogens (tertiary/aromatic N) is 2. The van der Waals surface area contributed by atoms with Crippen molar-refractivity contribution in [1.82, 2.24) is 4.57 Å². The molecule has 4 rings (SSSR count). The van der Waals surface area contributed by atoms with Crippen LogP contribution in [0.3, 0.4) is 0 Å². The zero-order chi connectivity index (χ0) is 18.8. The summed E-state index contributed by atoms with van der Waals surface area (Å²) in [5.74, 6) is 1.31. The van der Waals surface area contributed by atoms with Crippen LogP contribution in [0.15, 0.2) is 54.7 Å². The molecule has 1 aliphatic rings. The Morgan fingerprint density at radius 3 is 2.30 bits per heavy atom. The van der Waals surface area contributed by atoms with Gasteiger partial charge in [0.1, 0.15) is 6.20 Å². The zero-order valence-corrected chi connectivity index (χ0v) is 16.5. The second-order valence-electron chi connectivity index (χ2n) is 6.96. The Kier molecular flexibility index (Phi) is 5.33. The lowest BCUT2D eigenvalue weighted by Crippen LogP contribution is -2.36. The predicted molar refractivity (Wildman–Crippen MR) is 108 cm³/mol. The number of fused-ring (bicyclic) bond motifs is 1. The molecule has 5 heteroatoms. The molecule has 0 atom stereocenters. The maximum atomic E-state index is 12.9. The van der Waals surface area contributed by atoms with E-state index in [1.165, 1.54) is 18.7 Å². The molecular formula is C22H21Cl2N2O+. The summed E-state index contributed by atoms with van der Waals surface area (Å²) >= 11 is 12.0. The molecule has 0 aliphatic carbocycles. The number of carbonyl (C=O) groups is 1. The van der Waals surface area contributed by atoms with Crippen molar-refractivity contribution < 1.29 is 9.36 Å². The summed E-state index contributed by atoms with van der Waals surface area (Å²) in [5, 5.41) is 1.35. The lowest BCUT2D eigenvalue weighted by atomic mass is 10.1. The Hall–Kier alpha value is -2.10. The van der Waals surface area contributed by atoms with E-state index in [1.54, 1.807) is 24.3 Å². The van der Waals surface area contributed by atoms with Crippen LogP contribution < -0.4 is 4.57 Å². The van der Waals surface area contributed by atoms with E-state index in [1.807, 2.05) is 24.3 Å². The first-order valence-electron chi connectivity index (χ1n) is 9.28. The van der Waals surface area contributed by atoms with Crippen LogP contribution in [0.2, 0.25) is 10.0 Å². The van der Waals surface area contributed by atoms with Gasteiger partial charge in [0, 0.05) is 27.6 Å².